The fourth-order valence-corrected chi connectivity index (χ4v) is 3.13. The van der Waals surface area contributed by atoms with Gasteiger partial charge in [0.25, 0.3) is 0 Å². The Labute approximate surface area is 142 Å². The Morgan fingerprint density at radius 3 is 2.38 bits per heavy atom. The molecule has 24 heavy (non-hydrogen) atoms. The zero-order valence-corrected chi connectivity index (χ0v) is 13.7. The maximum absolute atomic E-state index is 12.5. The molecule has 2 aromatic rings. The molecular weight excluding hydrogens is 304 g/mol. The lowest BCUT2D eigenvalue weighted by molar-refractivity contribution is -0.179. The van der Waals surface area contributed by atoms with E-state index in [2.05, 4.69) is 0 Å². The van der Waals surface area contributed by atoms with E-state index in [9.17, 15) is 9.90 Å². The van der Waals surface area contributed by atoms with Crippen LogP contribution in [-0.2, 0) is 15.1 Å². The monoisotopic (exact) mass is 326 g/mol. The molecule has 1 aliphatic rings. The summed E-state index contributed by atoms with van der Waals surface area (Å²) in [6.45, 7) is 1.99. The first kappa shape index (κ1) is 16.7. The predicted molar refractivity (Wildman–Crippen MR) is 90.6 cm³/mol. The number of carbonyl (C=O) groups excluding carboxylic acids is 1. The third-order valence-corrected chi connectivity index (χ3v) is 4.44. The van der Waals surface area contributed by atoms with Gasteiger partial charge in [-0.1, -0.05) is 55.5 Å². The van der Waals surface area contributed by atoms with E-state index < -0.39 is 17.7 Å². The van der Waals surface area contributed by atoms with Crippen LogP contribution in [0.3, 0.4) is 0 Å². The smallest absolute Gasteiger partial charge is 0.340 e. The summed E-state index contributed by atoms with van der Waals surface area (Å²) in [6.07, 6.45) is 0.429. The third kappa shape index (κ3) is 3.66. The van der Waals surface area contributed by atoms with Gasteiger partial charge in [0, 0.05) is 12.8 Å². The molecule has 1 heterocycles. The molecule has 3 rings (SSSR count). The number of para-hydroxylation sites is 1. The van der Waals surface area contributed by atoms with Crippen LogP contribution in [-0.4, -0.2) is 23.3 Å². The van der Waals surface area contributed by atoms with Gasteiger partial charge in [-0.2, -0.15) is 0 Å². The second-order valence-electron chi connectivity index (χ2n) is 6.19. The molecule has 1 fully saturated rings. The van der Waals surface area contributed by atoms with E-state index in [1.54, 1.807) is 24.3 Å². The average molecular weight is 326 g/mol. The highest BCUT2D eigenvalue weighted by Crippen LogP contribution is 2.38. The van der Waals surface area contributed by atoms with Gasteiger partial charge in [-0.25, -0.2) is 4.79 Å². The molecule has 0 aliphatic carbocycles. The lowest BCUT2D eigenvalue weighted by Gasteiger charge is -2.40. The van der Waals surface area contributed by atoms with E-state index in [1.165, 1.54) is 0 Å². The summed E-state index contributed by atoms with van der Waals surface area (Å²) in [5, 5.41) is 11.1. The number of hydrogen-bond acceptors (Lipinski definition) is 4. The molecule has 0 radical (unpaired) electrons. The number of hydrogen-bond donors (Lipinski definition) is 1. The predicted octanol–water partition coefficient (Wildman–Crippen LogP) is 3.44. The van der Waals surface area contributed by atoms with Crippen LogP contribution in [0.25, 0.3) is 0 Å². The molecule has 1 N–H and O–H groups in total. The highest BCUT2D eigenvalue weighted by atomic mass is 16.6. The van der Waals surface area contributed by atoms with E-state index in [0.29, 0.717) is 12.2 Å². The van der Waals surface area contributed by atoms with Crippen molar-refractivity contribution in [1.29, 1.82) is 0 Å². The van der Waals surface area contributed by atoms with Gasteiger partial charge in [-0.3, -0.25) is 0 Å². The van der Waals surface area contributed by atoms with Crippen LogP contribution in [0.2, 0.25) is 0 Å². The van der Waals surface area contributed by atoms with Crippen molar-refractivity contribution < 1.29 is 19.4 Å². The number of benzene rings is 2. The van der Waals surface area contributed by atoms with Crippen molar-refractivity contribution in [3.8, 4) is 5.75 Å². The van der Waals surface area contributed by atoms with Gasteiger partial charge in [0.2, 0.25) is 0 Å². The van der Waals surface area contributed by atoms with E-state index in [4.69, 9.17) is 9.47 Å². The molecule has 0 aromatic heterocycles. The van der Waals surface area contributed by atoms with Gasteiger partial charge in [0.15, 0.2) is 6.10 Å². The van der Waals surface area contributed by atoms with Crippen molar-refractivity contribution in [2.75, 3.05) is 0 Å². The zero-order chi connectivity index (χ0) is 17.0. The van der Waals surface area contributed by atoms with Crippen molar-refractivity contribution in [3.63, 3.8) is 0 Å². The Morgan fingerprint density at radius 2 is 1.75 bits per heavy atom. The lowest BCUT2D eigenvalue weighted by atomic mass is 9.80. The van der Waals surface area contributed by atoms with E-state index in [0.717, 1.165) is 12.0 Å². The van der Waals surface area contributed by atoms with Gasteiger partial charge < -0.3 is 14.6 Å². The van der Waals surface area contributed by atoms with Crippen LogP contribution < -0.4 is 4.74 Å². The highest BCUT2D eigenvalue weighted by molar-refractivity contribution is 5.77. The minimum absolute atomic E-state index is 0.183. The van der Waals surface area contributed by atoms with Gasteiger partial charge in [-0.15, -0.1) is 0 Å². The van der Waals surface area contributed by atoms with Crippen LogP contribution in [0.4, 0.5) is 0 Å². The van der Waals surface area contributed by atoms with Crippen molar-refractivity contribution in [2.24, 2.45) is 0 Å². The van der Waals surface area contributed by atoms with E-state index in [-0.39, 0.29) is 12.5 Å². The summed E-state index contributed by atoms with van der Waals surface area (Å²) in [4.78, 5) is 12.5. The van der Waals surface area contributed by atoms with E-state index >= 15 is 0 Å². The maximum Gasteiger partial charge on any atom is 0.340 e. The van der Waals surface area contributed by atoms with Crippen molar-refractivity contribution in [3.05, 3.63) is 66.2 Å². The number of aliphatic hydroxyl groups is 1. The largest absolute Gasteiger partial charge is 0.425 e. The zero-order valence-electron chi connectivity index (χ0n) is 13.7. The summed E-state index contributed by atoms with van der Waals surface area (Å²) < 4.78 is 11.3. The second kappa shape index (κ2) is 7.16. The average Bonchev–Trinajstić information content (AvgIpc) is 2.63. The molecular formula is C20H22O4. The number of esters is 1. The summed E-state index contributed by atoms with van der Waals surface area (Å²) >= 11 is 0. The highest BCUT2D eigenvalue weighted by Gasteiger charge is 2.43. The Bertz CT molecular complexity index is 671. The summed E-state index contributed by atoms with van der Waals surface area (Å²) in [5.41, 5.74) is -0.273. The van der Waals surface area contributed by atoms with Crippen molar-refractivity contribution in [2.45, 2.75) is 44.0 Å². The summed E-state index contributed by atoms with van der Waals surface area (Å²) in [5.74, 6) is 0.0154. The normalized spacial score (nSPS) is 26.8. The minimum Gasteiger partial charge on any atom is -0.425 e. The summed E-state index contributed by atoms with van der Waals surface area (Å²) in [6, 6.07) is 18.4. The molecule has 1 saturated heterocycles. The first-order chi connectivity index (χ1) is 11.6. The Kier molecular flexibility index (Phi) is 4.97. The Balaban J connectivity index is 1.79. The molecule has 0 bridgehead atoms. The molecule has 0 amide bonds. The molecule has 0 spiro atoms. The second-order valence-corrected chi connectivity index (χ2v) is 6.19. The van der Waals surface area contributed by atoms with Gasteiger partial charge >= 0.3 is 5.97 Å². The number of ether oxygens (including phenoxy) is 2. The summed E-state index contributed by atoms with van der Waals surface area (Å²) in [7, 11) is 0. The minimum atomic E-state index is -1.08. The lowest BCUT2D eigenvalue weighted by Crippen LogP contribution is -2.47. The molecule has 4 nitrogen and oxygen atoms in total. The van der Waals surface area contributed by atoms with Crippen LogP contribution in [0.15, 0.2) is 60.7 Å². The fraction of sp³-hybridized carbons (Fsp3) is 0.350. The Morgan fingerprint density at radius 1 is 1.12 bits per heavy atom. The van der Waals surface area contributed by atoms with Gasteiger partial charge in [0.1, 0.15) is 5.75 Å². The number of carbonyl (C=O) groups is 1. The Hall–Kier alpha value is -2.17. The molecule has 0 unspecified atom stereocenters. The molecule has 3 atom stereocenters. The van der Waals surface area contributed by atoms with Crippen molar-refractivity contribution in [1.82, 2.24) is 0 Å². The van der Waals surface area contributed by atoms with Gasteiger partial charge in [0.05, 0.1) is 11.7 Å². The first-order valence-corrected chi connectivity index (χ1v) is 8.31. The molecule has 126 valence electrons. The maximum atomic E-state index is 12.5. The molecule has 1 aliphatic heterocycles. The van der Waals surface area contributed by atoms with Crippen LogP contribution in [0.1, 0.15) is 31.7 Å². The van der Waals surface area contributed by atoms with Crippen LogP contribution >= 0.6 is 0 Å². The van der Waals surface area contributed by atoms with Crippen LogP contribution in [0, 0.1) is 0 Å². The fourth-order valence-electron chi connectivity index (χ4n) is 3.13. The topological polar surface area (TPSA) is 55.8 Å². The standard InChI is InChI=1S/C20H22O4/c1-2-16-13-20(22,15-9-5-3-6-10-15)14-18(23-16)19(21)24-17-11-7-4-8-12-17/h3-12,16,18,22H,2,13-14H2,1H3/t16-,18-,20-/m0/s1. The van der Waals surface area contributed by atoms with Crippen LogP contribution in [0.5, 0.6) is 5.75 Å². The van der Waals surface area contributed by atoms with E-state index in [1.807, 2.05) is 43.3 Å². The van der Waals surface area contributed by atoms with Gasteiger partial charge in [-0.05, 0) is 24.1 Å². The first-order valence-electron chi connectivity index (χ1n) is 8.31. The quantitative estimate of drug-likeness (QED) is 0.691. The number of rotatable bonds is 4. The molecule has 2 aromatic carbocycles. The van der Waals surface area contributed by atoms with Crippen molar-refractivity contribution >= 4 is 5.97 Å². The third-order valence-electron chi connectivity index (χ3n) is 4.44. The SMILES string of the molecule is CC[C@H]1C[C@@](O)(c2ccccc2)C[C@@H](C(=O)Oc2ccccc2)O1. The molecule has 4 heteroatoms. The molecule has 0 saturated carbocycles.